The average molecular weight is 216 g/mol. The Labute approximate surface area is 87.0 Å². The van der Waals surface area contributed by atoms with Crippen molar-refractivity contribution in [1.29, 1.82) is 0 Å². The van der Waals surface area contributed by atoms with E-state index in [4.69, 9.17) is 16.3 Å². The van der Waals surface area contributed by atoms with E-state index in [9.17, 15) is 4.39 Å². The summed E-state index contributed by atoms with van der Waals surface area (Å²) in [5, 5.41) is 3.34. The Hall–Kier alpha value is -0.960. The molecule has 0 atom stereocenters. The van der Waals surface area contributed by atoms with Gasteiger partial charge in [0.15, 0.2) is 5.82 Å². The van der Waals surface area contributed by atoms with Crippen LogP contribution in [0.15, 0.2) is 12.1 Å². The molecule has 0 bridgehead atoms. The summed E-state index contributed by atoms with van der Waals surface area (Å²) in [6.07, 6.45) is 0. The SMILES string of the molecule is CC1(C)CNc2c(F)cc(Cl)cc2O1. The predicted molar refractivity (Wildman–Crippen MR) is 54.6 cm³/mol. The smallest absolute Gasteiger partial charge is 0.151 e. The van der Waals surface area contributed by atoms with Crippen LogP contribution in [0.1, 0.15) is 13.8 Å². The first-order valence-corrected chi connectivity index (χ1v) is 4.78. The number of anilines is 1. The van der Waals surface area contributed by atoms with E-state index in [1.807, 2.05) is 13.8 Å². The van der Waals surface area contributed by atoms with Gasteiger partial charge in [0, 0.05) is 11.1 Å². The molecular formula is C10H11ClFNO. The number of fused-ring (bicyclic) bond motifs is 1. The van der Waals surface area contributed by atoms with E-state index in [1.54, 1.807) is 6.07 Å². The summed E-state index contributed by atoms with van der Waals surface area (Å²) >= 11 is 5.73. The molecule has 1 aliphatic heterocycles. The minimum Gasteiger partial charge on any atom is -0.484 e. The molecule has 1 heterocycles. The molecule has 0 saturated carbocycles. The van der Waals surface area contributed by atoms with Crippen LogP contribution < -0.4 is 10.1 Å². The monoisotopic (exact) mass is 215 g/mol. The summed E-state index contributed by atoms with van der Waals surface area (Å²) < 4.78 is 19.0. The number of halogens is 2. The maximum atomic E-state index is 13.4. The second-order valence-electron chi connectivity index (χ2n) is 3.98. The molecule has 4 heteroatoms. The van der Waals surface area contributed by atoms with Crippen molar-refractivity contribution in [3.05, 3.63) is 23.0 Å². The quantitative estimate of drug-likeness (QED) is 0.718. The summed E-state index contributed by atoms with van der Waals surface area (Å²) in [7, 11) is 0. The van der Waals surface area contributed by atoms with Gasteiger partial charge in [-0.25, -0.2) is 4.39 Å². The van der Waals surface area contributed by atoms with Gasteiger partial charge >= 0.3 is 0 Å². The van der Waals surface area contributed by atoms with Gasteiger partial charge in [-0.1, -0.05) is 11.6 Å². The van der Waals surface area contributed by atoms with Crippen molar-refractivity contribution in [3.63, 3.8) is 0 Å². The zero-order chi connectivity index (χ0) is 10.3. The summed E-state index contributed by atoms with van der Waals surface area (Å²) in [6.45, 7) is 4.45. The van der Waals surface area contributed by atoms with Gasteiger partial charge in [-0.3, -0.25) is 0 Å². The standard InChI is InChI=1S/C10H11ClFNO/c1-10(2)5-13-9-7(12)3-6(11)4-8(9)14-10/h3-4,13H,5H2,1-2H3. The van der Waals surface area contributed by atoms with Crippen LogP contribution in [0.4, 0.5) is 10.1 Å². The van der Waals surface area contributed by atoms with Crippen molar-refractivity contribution in [2.75, 3.05) is 11.9 Å². The first-order chi connectivity index (χ1) is 6.48. The molecule has 1 aliphatic rings. The Morgan fingerprint density at radius 1 is 1.50 bits per heavy atom. The van der Waals surface area contributed by atoms with Gasteiger partial charge < -0.3 is 10.1 Å². The Morgan fingerprint density at radius 3 is 2.93 bits per heavy atom. The molecule has 1 aromatic carbocycles. The second-order valence-corrected chi connectivity index (χ2v) is 4.41. The van der Waals surface area contributed by atoms with Crippen molar-refractivity contribution in [2.24, 2.45) is 0 Å². The Balaban J connectivity index is 2.47. The maximum absolute atomic E-state index is 13.4. The molecule has 0 spiro atoms. The van der Waals surface area contributed by atoms with Crippen LogP contribution in [0, 0.1) is 5.82 Å². The molecule has 0 unspecified atom stereocenters. The van der Waals surface area contributed by atoms with Crippen LogP contribution in [0.3, 0.4) is 0 Å². The molecule has 1 N–H and O–H groups in total. The lowest BCUT2D eigenvalue weighted by molar-refractivity contribution is 0.115. The summed E-state index contributed by atoms with van der Waals surface area (Å²) in [5.41, 5.74) is 0.0677. The third-order valence-corrected chi connectivity index (χ3v) is 2.31. The van der Waals surface area contributed by atoms with Crippen LogP contribution in [-0.4, -0.2) is 12.1 Å². The number of ether oxygens (including phenoxy) is 1. The van der Waals surface area contributed by atoms with Crippen molar-refractivity contribution >= 4 is 17.3 Å². The summed E-state index contributed by atoms with van der Waals surface area (Å²) in [5.74, 6) is 0.106. The molecule has 14 heavy (non-hydrogen) atoms. The fraction of sp³-hybridized carbons (Fsp3) is 0.400. The highest BCUT2D eigenvalue weighted by Gasteiger charge is 2.28. The van der Waals surface area contributed by atoms with E-state index in [1.165, 1.54) is 6.07 Å². The molecule has 2 rings (SSSR count). The van der Waals surface area contributed by atoms with Crippen LogP contribution >= 0.6 is 11.6 Å². The first kappa shape index (κ1) is 9.59. The van der Waals surface area contributed by atoms with Crippen LogP contribution in [0.5, 0.6) is 5.75 Å². The summed E-state index contributed by atoms with van der Waals surface area (Å²) in [4.78, 5) is 0. The van der Waals surface area contributed by atoms with Crippen molar-refractivity contribution in [3.8, 4) is 5.75 Å². The zero-order valence-electron chi connectivity index (χ0n) is 8.03. The number of hydrogen-bond donors (Lipinski definition) is 1. The minimum atomic E-state index is -0.372. The van der Waals surface area contributed by atoms with Gasteiger partial charge in [0.05, 0.1) is 6.54 Å². The highest BCUT2D eigenvalue weighted by molar-refractivity contribution is 6.30. The van der Waals surface area contributed by atoms with Gasteiger partial charge in [-0.05, 0) is 19.9 Å². The predicted octanol–water partition coefficient (Wildman–Crippen LogP) is 3.06. The first-order valence-electron chi connectivity index (χ1n) is 4.40. The third-order valence-electron chi connectivity index (χ3n) is 2.10. The van der Waals surface area contributed by atoms with Crippen molar-refractivity contribution in [1.82, 2.24) is 0 Å². The molecule has 0 saturated heterocycles. The van der Waals surface area contributed by atoms with Crippen LogP contribution in [0.2, 0.25) is 5.02 Å². The van der Waals surface area contributed by atoms with Crippen LogP contribution in [-0.2, 0) is 0 Å². The molecule has 0 amide bonds. The number of hydrogen-bond acceptors (Lipinski definition) is 2. The number of benzene rings is 1. The molecule has 0 aliphatic carbocycles. The lowest BCUT2D eigenvalue weighted by atomic mass is 10.1. The number of nitrogens with one attached hydrogen (secondary N) is 1. The second kappa shape index (κ2) is 3.02. The molecule has 0 aromatic heterocycles. The molecule has 76 valence electrons. The van der Waals surface area contributed by atoms with Gasteiger partial charge in [0.25, 0.3) is 0 Å². The highest BCUT2D eigenvalue weighted by Crippen LogP contribution is 2.37. The van der Waals surface area contributed by atoms with E-state index < -0.39 is 0 Å². The lowest BCUT2D eigenvalue weighted by Gasteiger charge is -2.33. The van der Waals surface area contributed by atoms with E-state index >= 15 is 0 Å². The van der Waals surface area contributed by atoms with E-state index in [-0.39, 0.29) is 11.4 Å². The molecule has 1 aromatic rings. The topological polar surface area (TPSA) is 21.3 Å². The van der Waals surface area contributed by atoms with Crippen molar-refractivity contribution < 1.29 is 9.13 Å². The fourth-order valence-corrected chi connectivity index (χ4v) is 1.63. The maximum Gasteiger partial charge on any atom is 0.151 e. The largest absolute Gasteiger partial charge is 0.484 e. The zero-order valence-corrected chi connectivity index (χ0v) is 8.78. The van der Waals surface area contributed by atoms with Crippen molar-refractivity contribution in [2.45, 2.75) is 19.4 Å². The highest BCUT2D eigenvalue weighted by atomic mass is 35.5. The molecule has 2 nitrogen and oxygen atoms in total. The Bertz CT molecular complexity index is 379. The minimum absolute atomic E-state index is 0.329. The number of rotatable bonds is 0. The van der Waals surface area contributed by atoms with Gasteiger partial charge in [-0.15, -0.1) is 0 Å². The van der Waals surface area contributed by atoms with E-state index in [0.29, 0.717) is 23.0 Å². The fourth-order valence-electron chi connectivity index (χ4n) is 1.44. The Morgan fingerprint density at radius 2 is 2.21 bits per heavy atom. The molecular weight excluding hydrogens is 205 g/mol. The lowest BCUT2D eigenvalue weighted by Crippen LogP contribution is -2.40. The van der Waals surface area contributed by atoms with E-state index in [0.717, 1.165) is 0 Å². The third kappa shape index (κ3) is 1.64. The van der Waals surface area contributed by atoms with Gasteiger partial charge in [-0.2, -0.15) is 0 Å². The average Bonchev–Trinajstić information content (AvgIpc) is 2.00. The molecule has 0 fully saturated rings. The summed E-state index contributed by atoms with van der Waals surface area (Å²) in [6, 6.07) is 2.89. The normalized spacial score (nSPS) is 18.0. The van der Waals surface area contributed by atoms with Crippen LogP contribution in [0.25, 0.3) is 0 Å². The van der Waals surface area contributed by atoms with Gasteiger partial charge in [0.1, 0.15) is 17.0 Å². The molecule has 0 radical (unpaired) electrons. The van der Waals surface area contributed by atoms with Gasteiger partial charge in [0.2, 0.25) is 0 Å². The Kier molecular flexibility index (Phi) is 2.07. The van der Waals surface area contributed by atoms with E-state index in [2.05, 4.69) is 5.32 Å².